The molecule has 0 aromatic heterocycles. The highest BCUT2D eigenvalue weighted by molar-refractivity contribution is 7.91. The van der Waals surface area contributed by atoms with Crippen molar-refractivity contribution in [3.63, 3.8) is 0 Å². The van der Waals surface area contributed by atoms with Gasteiger partial charge in [0.25, 0.3) is 0 Å². The molecule has 0 aliphatic rings. The Kier molecular flexibility index (Phi) is 7.85. The SMILES string of the molecule is C/C(=C\[C@@H](C)S(C)(=O)=O)[C@@H](C[C@H](O)C(C)(C)C)OCc1ccccc1. The maximum atomic E-state index is 11.7. The van der Waals surface area contributed by atoms with Gasteiger partial charge < -0.3 is 9.84 Å². The summed E-state index contributed by atoms with van der Waals surface area (Å²) >= 11 is 0. The molecule has 1 rings (SSSR count). The third-order valence-corrected chi connectivity index (χ3v) is 5.90. The average molecular weight is 369 g/mol. The first-order valence-electron chi connectivity index (χ1n) is 8.62. The zero-order chi connectivity index (χ0) is 19.3. The number of benzene rings is 1. The fourth-order valence-electron chi connectivity index (χ4n) is 2.31. The molecule has 3 atom stereocenters. The Labute approximate surface area is 152 Å². The molecule has 0 heterocycles. The standard InChI is InChI=1S/C20H32O4S/c1-15(12-16(2)25(6,22)23)18(13-19(21)20(3,4)5)24-14-17-10-8-7-9-11-17/h7-12,16,18-19,21H,13-14H2,1-6H3/b15-12+/t16-,18-,19+/m1/s1. The van der Waals surface area contributed by atoms with Gasteiger partial charge in [-0.3, -0.25) is 0 Å². The van der Waals surface area contributed by atoms with Gasteiger partial charge in [-0.1, -0.05) is 57.2 Å². The van der Waals surface area contributed by atoms with E-state index in [1.807, 2.05) is 58.0 Å². The minimum Gasteiger partial charge on any atom is -0.392 e. The predicted molar refractivity (Wildman–Crippen MR) is 103 cm³/mol. The van der Waals surface area contributed by atoms with Crippen LogP contribution in [-0.4, -0.2) is 37.2 Å². The molecule has 1 aromatic carbocycles. The summed E-state index contributed by atoms with van der Waals surface area (Å²) in [5, 5.41) is 9.89. The lowest BCUT2D eigenvalue weighted by Gasteiger charge is -2.30. The van der Waals surface area contributed by atoms with Crippen LogP contribution in [-0.2, 0) is 21.2 Å². The molecular formula is C20H32O4S. The predicted octanol–water partition coefficient (Wildman–Crippen LogP) is 3.75. The molecule has 0 radical (unpaired) electrons. The molecule has 5 heteroatoms. The zero-order valence-corrected chi connectivity index (χ0v) is 17.0. The van der Waals surface area contributed by atoms with Gasteiger partial charge in [-0.2, -0.15) is 0 Å². The summed E-state index contributed by atoms with van der Waals surface area (Å²) in [7, 11) is -3.15. The summed E-state index contributed by atoms with van der Waals surface area (Å²) in [6.45, 7) is 9.87. The van der Waals surface area contributed by atoms with Crippen molar-refractivity contribution in [2.45, 2.75) is 65.1 Å². The number of ether oxygens (including phenoxy) is 1. The molecule has 0 aliphatic carbocycles. The van der Waals surface area contributed by atoms with Crippen molar-refractivity contribution in [2.75, 3.05) is 6.26 Å². The summed E-state index contributed by atoms with van der Waals surface area (Å²) in [5.74, 6) is 0. The summed E-state index contributed by atoms with van der Waals surface area (Å²) in [5.41, 5.74) is 1.61. The molecular weight excluding hydrogens is 336 g/mol. The molecule has 0 spiro atoms. The van der Waals surface area contributed by atoms with Crippen LogP contribution >= 0.6 is 0 Å². The highest BCUT2D eigenvalue weighted by atomic mass is 32.2. The van der Waals surface area contributed by atoms with E-state index in [1.165, 1.54) is 6.26 Å². The fraction of sp³-hybridized carbons (Fsp3) is 0.600. The largest absolute Gasteiger partial charge is 0.392 e. The Morgan fingerprint density at radius 3 is 2.28 bits per heavy atom. The number of hydrogen-bond donors (Lipinski definition) is 1. The molecule has 0 saturated heterocycles. The van der Waals surface area contributed by atoms with Crippen LogP contribution in [0.3, 0.4) is 0 Å². The highest BCUT2D eigenvalue weighted by Gasteiger charge is 2.27. The Hall–Kier alpha value is -1.17. The number of rotatable bonds is 8. The van der Waals surface area contributed by atoms with Gasteiger partial charge in [0.1, 0.15) is 0 Å². The lowest BCUT2D eigenvalue weighted by atomic mass is 9.85. The van der Waals surface area contributed by atoms with E-state index < -0.39 is 21.2 Å². The van der Waals surface area contributed by atoms with Crippen LogP contribution in [0.4, 0.5) is 0 Å². The van der Waals surface area contributed by atoms with Gasteiger partial charge in [0.2, 0.25) is 0 Å². The molecule has 1 aromatic rings. The zero-order valence-electron chi connectivity index (χ0n) is 16.2. The summed E-state index contributed by atoms with van der Waals surface area (Å²) in [4.78, 5) is 0. The lowest BCUT2D eigenvalue weighted by molar-refractivity contribution is -0.0123. The third kappa shape index (κ3) is 7.72. The van der Waals surface area contributed by atoms with Crippen molar-refractivity contribution in [1.29, 1.82) is 0 Å². The minimum atomic E-state index is -3.15. The molecule has 0 unspecified atom stereocenters. The first-order chi connectivity index (χ1) is 11.4. The Balaban J connectivity index is 2.95. The Morgan fingerprint density at radius 2 is 1.80 bits per heavy atom. The van der Waals surface area contributed by atoms with Gasteiger partial charge >= 0.3 is 0 Å². The van der Waals surface area contributed by atoms with Crippen molar-refractivity contribution < 1.29 is 18.3 Å². The van der Waals surface area contributed by atoms with Crippen molar-refractivity contribution in [3.8, 4) is 0 Å². The molecule has 0 fully saturated rings. The molecule has 0 saturated carbocycles. The summed E-state index contributed by atoms with van der Waals surface area (Å²) in [6.07, 6.45) is 2.49. The van der Waals surface area contributed by atoms with E-state index >= 15 is 0 Å². The lowest BCUT2D eigenvalue weighted by Crippen LogP contribution is -2.32. The second-order valence-electron chi connectivity index (χ2n) is 7.85. The molecule has 0 bridgehead atoms. The maximum Gasteiger partial charge on any atom is 0.153 e. The number of aliphatic hydroxyl groups excluding tert-OH is 1. The molecule has 142 valence electrons. The van der Waals surface area contributed by atoms with E-state index in [0.29, 0.717) is 13.0 Å². The van der Waals surface area contributed by atoms with Crippen LogP contribution in [0.1, 0.15) is 46.6 Å². The van der Waals surface area contributed by atoms with Crippen molar-refractivity contribution in [2.24, 2.45) is 5.41 Å². The second-order valence-corrected chi connectivity index (χ2v) is 10.3. The van der Waals surface area contributed by atoms with Crippen molar-refractivity contribution in [3.05, 3.63) is 47.5 Å². The average Bonchev–Trinajstić information content (AvgIpc) is 2.50. The van der Waals surface area contributed by atoms with E-state index in [-0.39, 0.29) is 11.5 Å². The first kappa shape index (κ1) is 21.9. The van der Waals surface area contributed by atoms with E-state index in [4.69, 9.17) is 4.74 Å². The fourth-order valence-corrected chi connectivity index (χ4v) is 2.78. The van der Waals surface area contributed by atoms with E-state index in [1.54, 1.807) is 13.0 Å². The van der Waals surface area contributed by atoms with E-state index in [9.17, 15) is 13.5 Å². The highest BCUT2D eigenvalue weighted by Crippen LogP contribution is 2.26. The number of hydrogen-bond acceptors (Lipinski definition) is 4. The van der Waals surface area contributed by atoms with Crippen LogP contribution in [0.15, 0.2) is 42.0 Å². The molecule has 4 nitrogen and oxygen atoms in total. The van der Waals surface area contributed by atoms with Crippen LogP contribution in [0, 0.1) is 5.41 Å². The third-order valence-electron chi connectivity index (χ3n) is 4.41. The van der Waals surface area contributed by atoms with Crippen LogP contribution in [0.2, 0.25) is 0 Å². The summed E-state index contributed by atoms with van der Waals surface area (Å²) < 4.78 is 29.5. The Morgan fingerprint density at radius 1 is 1.24 bits per heavy atom. The quantitative estimate of drug-likeness (QED) is 0.710. The molecule has 0 amide bonds. The normalized spacial score (nSPS) is 17.2. The monoisotopic (exact) mass is 368 g/mol. The van der Waals surface area contributed by atoms with E-state index in [0.717, 1.165) is 11.1 Å². The van der Waals surface area contributed by atoms with Crippen molar-refractivity contribution >= 4 is 9.84 Å². The van der Waals surface area contributed by atoms with Gasteiger partial charge in [0, 0.05) is 12.7 Å². The van der Waals surface area contributed by atoms with Gasteiger partial charge in [-0.15, -0.1) is 0 Å². The smallest absolute Gasteiger partial charge is 0.153 e. The van der Waals surface area contributed by atoms with Gasteiger partial charge in [0.15, 0.2) is 9.84 Å². The first-order valence-corrected chi connectivity index (χ1v) is 10.6. The van der Waals surface area contributed by atoms with Gasteiger partial charge in [-0.05, 0) is 30.4 Å². The Bertz CT molecular complexity index is 657. The van der Waals surface area contributed by atoms with Gasteiger partial charge in [-0.25, -0.2) is 8.42 Å². The number of aliphatic hydroxyl groups is 1. The molecule has 1 N–H and O–H groups in total. The van der Waals surface area contributed by atoms with Crippen LogP contribution in [0.25, 0.3) is 0 Å². The molecule has 25 heavy (non-hydrogen) atoms. The second kappa shape index (κ2) is 8.97. The minimum absolute atomic E-state index is 0.267. The topological polar surface area (TPSA) is 63.6 Å². The van der Waals surface area contributed by atoms with E-state index in [2.05, 4.69) is 0 Å². The van der Waals surface area contributed by atoms with Gasteiger partial charge in [0.05, 0.1) is 24.1 Å². The van der Waals surface area contributed by atoms with Crippen molar-refractivity contribution in [1.82, 2.24) is 0 Å². The molecule has 0 aliphatic heterocycles. The van der Waals surface area contributed by atoms with Crippen LogP contribution < -0.4 is 0 Å². The van der Waals surface area contributed by atoms with Crippen LogP contribution in [0.5, 0.6) is 0 Å². The number of sulfone groups is 1. The summed E-state index contributed by atoms with van der Waals surface area (Å²) in [6, 6.07) is 9.81. The maximum absolute atomic E-state index is 11.7.